The topological polar surface area (TPSA) is 94.0 Å². The maximum Gasteiger partial charge on any atom is 0.336 e. The standard InChI is InChI=1S/C26H22N4O3/c1-3-7-23-28-24-16(2)12-13-27-25(24)30(23)18-9-6-8-17(14-18)22-15-21(29-33-22)19-10-4-5-11-20(19)26(31)32/h4-6,8-15H,3,7H2,1-2H3,(H,31,32). The van der Waals surface area contributed by atoms with Gasteiger partial charge in [-0.3, -0.25) is 4.57 Å². The zero-order chi connectivity index (χ0) is 22.9. The molecular formula is C26H22N4O3. The molecule has 33 heavy (non-hydrogen) atoms. The van der Waals surface area contributed by atoms with Gasteiger partial charge in [0.1, 0.15) is 17.0 Å². The second kappa shape index (κ2) is 8.35. The molecule has 0 atom stereocenters. The van der Waals surface area contributed by atoms with Crippen LogP contribution in [0.2, 0.25) is 0 Å². The van der Waals surface area contributed by atoms with Gasteiger partial charge in [0.25, 0.3) is 0 Å². The van der Waals surface area contributed by atoms with Crippen molar-refractivity contribution in [1.82, 2.24) is 19.7 Å². The fourth-order valence-electron chi connectivity index (χ4n) is 4.03. The molecule has 3 heterocycles. The molecule has 0 radical (unpaired) electrons. The fourth-order valence-corrected chi connectivity index (χ4v) is 4.03. The van der Waals surface area contributed by atoms with Crippen molar-refractivity contribution >= 4 is 17.1 Å². The summed E-state index contributed by atoms with van der Waals surface area (Å²) in [6.45, 7) is 4.17. The summed E-state index contributed by atoms with van der Waals surface area (Å²) in [5.41, 5.74) is 5.75. The molecular weight excluding hydrogens is 416 g/mol. The molecule has 3 aromatic heterocycles. The van der Waals surface area contributed by atoms with Crippen molar-refractivity contribution in [1.29, 1.82) is 0 Å². The Hall–Kier alpha value is -4.26. The van der Waals surface area contributed by atoms with Gasteiger partial charge in [-0.15, -0.1) is 0 Å². The van der Waals surface area contributed by atoms with Crippen LogP contribution in [-0.2, 0) is 6.42 Å². The van der Waals surface area contributed by atoms with Crippen molar-refractivity contribution in [2.24, 2.45) is 0 Å². The molecule has 0 spiro atoms. The highest BCUT2D eigenvalue weighted by molar-refractivity contribution is 5.95. The lowest BCUT2D eigenvalue weighted by Crippen LogP contribution is -2.02. The third kappa shape index (κ3) is 3.67. The third-order valence-electron chi connectivity index (χ3n) is 5.62. The average molecular weight is 438 g/mol. The van der Waals surface area contributed by atoms with E-state index in [1.807, 2.05) is 37.3 Å². The maximum absolute atomic E-state index is 11.6. The lowest BCUT2D eigenvalue weighted by atomic mass is 10.0. The van der Waals surface area contributed by atoms with E-state index in [9.17, 15) is 9.90 Å². The van der Waals surface area contributed by atoms with Crippen LogP contribution in [-0.4, -0.2) is 30.8 Å². The maximum atomic E-state index is 11.6. The van der Waals surface area contributed by atoms with Crippen LogP contribution in [0.5, 0.6) is 0 Å². The van der Waals surface area contributed by atoms with E-state index in [1.165, 1.54) is 0 Å². The van der Waals surface area contributed by atoms with E-state index < -0.39 is 5.97 Å². The molecule has 7 heteroatoms. The number of nitrogens with zero attached hydrogens (tertiary/aromatic N) is 4. The summed E-state index contributed by atoms with van der Waals surface area (Å²) in [6, 6.07) is 18.4. The van der Waals surface area contributed by atoms with Crippen molar-refractivity contribution in [3.05, 3.63) is 83.8 Å². The minimum absolute atomic E-state index is 0.182. The van der Waals surface area contributed by atoms with Crippen molar-refractivity contribution in [2.75, 3.05) is 0 Å². The normalized spacial score (nSPS) is 11.2. The molecule has 0 bridgehead atoms. The van der Waals surface area contributed by atoms with Crippen LogP contribution in [0.1, 0.15) is 35.1 Å². The number of fused-ring (bicyclic) bond motifs is 1. The lowest BCUT2D eigenvalue weighted by Gasteiger charge is -2.09. The summed E-state index contributed by atoms with van der Waals surface area (Å²) in [4.78, 5) is 21.1. The predicted molar refractivity (Wildman–Crippen MR) is 125 cm³/mol. The van der Waals surface area contributed by atoms with E-state index >= 15 is 0 Å². The molecule has 164 valence electrons. The monoisotopic (exact) mass is 438 g/mol. The van der Waals surface area contributed by atoms with Gasteiger partial charge in [-0.1, -0.05) is 42.4 Å². The first-order valence-electron chi connectivity index (χ1n) is 10.8. The summed E-state index contributed by atoms with van der Waals surface area (Å²) in [6.07, 6.45) is 3.60. The number of hydrogen-bond acceptors (Lipinski definition) is 5. The number of aromatic carboxylic acids is 1. The number of aryl methyl sites for hydroxylation is 2. The third-order valence-corrected chi connectivity index (χ3v) is 5.62. The predicted octanol–water partition coefficient (Wildman–Crippen LogP) is 5.70. The largest absolute Gasteiger partial charge is 0.478 e. The lowest BCUT2D eigenvalue weighted by molar-refractivity contribution is 0.0697. The number of carbonyl (C=O) groups is 1. The van der Waals surface area contributed by atoms with Gasteiger partial charge >= 0.3 is 5.97 Å². The zero-order valence-corrected chi connectivity index (χ0v) is 18.3. The SMILES string of the molecule is CCCc1nc2c(C)ccnc2n1-c1cccc(-c2cc(-c3ccccc3C(=O)O)no2)c1. The molecule has 0 amide bonds. The number of carboxylic acid groups (broad SMARTS) is 1. The van der Waals surface area contributed by atoms with Gasteiger partial charge in [0.05, 0.1) is 5.56 Å². The fraction of sp³-hybridized carbons (Fsp3) is 0.154. The van der Waals surface area contributed by atoms with E-state index in [4.69, 9.17) is 9.51 Å². The minimum Gasteiger partial charge on any atom is -0.478 e. The Labute approximate surface area is 190 Å². The van der Waals surface area contributed by atoms with E-state index in [0.29, 0.717) is 17.0 Å². The Balaban J connectivity index is 1.60. The number of hydrogen-bond donors (Lipinski definition) is 1. The van der Waals surface area contributed by atoms with Crippen LogP contribution in [0.25, 0.3) is 39.4 Å². The molecule has 0 unspecified atom stereocenters. The molecule has 0 fully saturated rings. The van der Waals surface area contributed by atoms with E-state index in [2.05, 4.69) is 21.6 Å². The zero-order valence-electron chi connectivity index (χ0n) is 18.3. The molecule has 0 aliphatic carbocycles. The van der Waals surface area contributed by atoms with Crippen molar-refractivity contribution in [3.63, 3.8) is 0 Å². The highest BCUT2D eigenvalue weighted by Gasteiger charge is 2.18. The van der Waals surface area contributed by atoms with Crippen LogP contribution in [0, 0.1) is 6.92 Å². The van der Waals surface area contributed by atoms with Gasteiger partial charge in [-0.05, 0) is 43.2 Å². The van der Waals surface area contributed by atoms with Gasteiger partial charge in [-0.25, -0.2) is 14.8 Å². The Bertz CT molecular complexity index is 1480. The number of rotatable bonds is 6. The summed E-state index contributed by atoms with van der Waals surface area (Å²) >= 11 is 0. The molecule has 2 aromatic carbocycles. The molecule has 5 aromatic rings. The number of carboxylic acids is 1. The van der Waals surface area contributed by atoms with Crippen LogP contribution in [0.4, 0.5) is 0 Å². The summed E-state index contributed by atoms with van der Waals surface area (Å²) < 4.78 is 7.70. The van der Waals surface area contributed by atoms with Crippen LogP contribution < -0.4 is 0 Å². The first kappa shape index (κ1) is 20.6. The van der Waals surface area contributed by atoms with Gasteiger partial charge in [-0.2, -0.15) is 0 Å². The molecule has 1 N–H and O–H groups in total. The van der Waals surface area contributed by atoms with Gasteiger partial charge in [0.2, 0.25) is 0 Å². The van der Waals surface area contributed by atoms with Crippen molar-refractivity contribution < 1.29 is 14.4 Å². The number of imidazole rings is 1. The molecule has 0 saturated carbocycles. The van der Waals surface area contributed by atoms with Crippen LogP contribution in [0.3, 0.4) is 0 Å². The Morgan fingerprint density at radius 2 is 1.94 bits per heavy atom. The Morgan fingerprint density at radius 3 is 2.76 bits per heavy atom. The van der Waals surface area contributed by atoms with Crippen molar-refractivity contribution in [2.45, 2.75) is 26.7 Å². The smallest absolute Gasteiger partial charge is 0.336 e. The minimum atomic E-state index is -1.00. The summed E-state index contributed by atoms with van der Waals surface area (Å²) in [5, 5.41) is 13.6. The first-order chi connectivity index (χ1) is 16.1. The van der Waals surface area contributed by atoms with Crippen LogP contribution in [0.15, 0.2) is 71.4 Å². The van der Waals surface area contributed by atoms with E-state index in [0.717, 1.165) is 46.6 Å². The Kier molecular flexibility index (Phi) is 5.22. The molecule has 0 saturated heterocycles. The molecule has 7 nitrogen and oxygen atoms in total. The summed E-state index contributed by atoms with van der Waals surface area (Å²) in [7, 11) is 0. The van der Waals surface area contributed by atoms with Gasteiger partial charge in [0, 0.05) is 35.5 Å². The highest BCUT2D eigenvalue weighted by atomic mass is 16.5. The average Bonchev–Trinajstić information content (AvgIpc) is 3.45. The summed E-state index contributed by atoms with van der Waals surface area (Å²) in [5.74, 6) is 0.508. The van der Waals surface area contributed by atoms with E-state index in [-0.39, 0.29) is 5.56 Å². The van der Waals surface area contributed by atoms with E-state index in [1.54, 1.807) is 36.5 Å². The number of aromatic nitrogens is 4. The highest BCUT2D eigenvalue weighted by Crippen LogP contribution is 2.30. The van der Waals surface area contributed by atoms with Gasteiger partial charge in [0.15, 0.2) is 11.4 Å². The van der Waals surface area contributed by atoms with Gasteiger partial charge < -0.3 is 9.63 Å². The Morgan fingerprint density at radius 1 is 1.09 bits per heavy atom. The number of pyridine rings is 1. The van der Waals surface area contributed by atoms with Crippen molar-refractivity contribution in [3.8, 4) is 28.3 Å². The number of benzene rings is 2. The first-order valence-corrected chi connectivity index (χ1v) is 10.8. The molecule has 5 rings (SSSR count). The molecule has 0 aliphatic heterocycles. The second-order valence-electron chi connectivity index (χ2n) is 7.89. The second-order valence-corrected chi connectivity index (χ2v) is 7.89. The van der Waals surface area contributed by atoms with Crippen LogP contribution >= 0.6 is 0 Å². The molecule has 0 aliphatic rings. The quantitative estimate of drug-likeness (QED) is 0.365.